The first-order valence-electron chi connectivity index (χ1n) is 7.20. The third kappa shape index (κ3) is 3.44. The Morgan fingerprint density at radius 3 is 2.59 bits per heavy atom. The van der Waals surface area contributed by atoms with Gasteiger partial charge in [0.1, 0.15) is 0 Å². The topological polar surface area (TPSA) is 32.3 Å². The maximum absolute atomic E-state index is 12.7. The van der Waals surface area contributed by atoms with Crippen LogP contribution in [0.3, 0.4) is 0 Å². The zero-order valence-electron chi connectivity index (χ0n) is 11.7. The molecule has 1 amide bonds. The quantitative estimate of drug-likeness (QED) is 0.773. The van der Waals surface area contributed by atoms with Crippen LogP contribution in [0.4, 0.5) is 0 Å². The fourth-order valence-electron chi connectivity index (χ4n) is 2.69. The maximum Gasteiger partial charge on any atom is 0.230 e. The van der Waals surface area contributed by atoms with Gasteiger partial charge in [0, 0.05) is 19.6 Å². The summed E-state index contributed by atoms with van der Waals surface area (Å²) in [5.74, 6) is 0.378. The van der Waals surface area contributed by atoms with Gasteiger partial charge in [0.25, 0.3) is 0 Å². The van der Waals surface area contributed by atoms with Gasteiger partial charge in [-0.1, -0.05) is 20.3 Å². The third-order valence-electron chi connectivity index (χ3n) is 4.05. The van der Waals surface area contributed by atoms with E-state index in [-0.39, 0.29) is 5.41 Å². The number of hydrogen-bond acceptors (Lipinski definition) is 2. The van der Waals surface area contributed by atoms with E-state index in [2.05, 4.69) is 31.0 Å². The lowest BCUT2D eigenvalue weighted by atomic mass is 9.77. The summed E-state index contributed by atoms with van der Waals surface area (Å²) in [6, 6.07) is 0. The minimum Gasteiger partial charge on any atom is -0.342 e. The number of nitrogens with zero attached hydrogens (tertiary/aromatic N) is 1. The number of piperidine rings is 1. The van der Waals surface area contributed by atoms with E-state index in [4.69, 9.17) is 0 Å². The van der Waals surface area contributed by atoms with Crippen molar-refractivity contribution in [2.24, 2.45) is 5.41 Å². The molecule has 1 atom stereocenters. The molecule has 3 nitrogen and oxygen atoms in total. The molecule has 0 aromatic carbocycles. The van der Waals surface area contributed by atoms with E-state index in [1.54, 1.807) is 0 Å². The van der Waals surface area contributed by atoms with Crippen LogP contribution in [0.25, 0.3) is 0 Å². The van der Waals surface area contributed by atoms with Crippen molar-refractivity contribution in [2.45, 2.75) is 52.9 Å². The highest BCUT2D eigenvalue weighted by Crippen LogP contribution is 2.32. The molecule has 1 rings (SSSR count). The number of rotatable bonds is 6. The summed E-state index contributed by atoms with van der Waals surface area (Å²) in [6.07, 6.45) is 5.41. The Hall–Kier alpha value is -0.570. The summed E-state index contributed by atoms with van der Waals surface area (Å²) >= 11 is 0. The molecule has 1 N–H and O–H groups in total. The summed E-state index contributed by atoms with van der Waals surface area (Å²) in [5.41, 5.74) is -0.123. The monoisotopic (exact) mass is 240 g/mol. The lowest BCUT2D eigenvalue weighted by Crippen LogP contribution is -2.51. The number of unbranched alkanes of at least 4 members (excludes halogenated alkanes) is 1. The molecule has 0 saturated carbocycles. The van der Waals surface area contributed by atoms with Gasteiger partial charge in [-0.25, -0.2) is 0 Å². The van der Waals surface area contributed by atoms with E-state index in [0.717, 1.165) is 58.3 Å². The molecule has 0 bridgehead atoms. The molecule has 3 heteroatoms. The standard InChI is InChI=1S/C14H28N2O/c1-4-7-11-16(6-3)13(17)14(5-2)9-8-10-15-12-14/h15H,4-12H2,1-3H3. The minimum atomic E-state index is -0.123. The van der Waals surface area contributed by atoms with Crippen LogP contribution in [0.2, 0.25) is 0 Å². The van der Waals surface area contributed by atoms with Gasteiger partial charge in [-0.2, -0.15) is 0 Å². The Morgan fingerprint density at radius 1 is 1.35 bits per heavy atom. The van der Waals surface area contributed by atoms with Crippen molar-refractivity contribution in [2.75, 3.05) is 26.2 Å². The van der Waals surface area contributed by atoms with Crippen LogP contribution in [-0.4, -0.2) is 37.0 Å². The first-order chi connectivity index (χ1) is 8.20. The number of amides is 1. The van der Waals surface area contributed by atoms with Crippen LogP contribution in [0.1, 0.15) is 52.9 Å². The van der Waals surface area contributed by atoms with Crippen LogP contribution in [0, 0.1) is 5.41 Å². The van der Waals surface area contributed by atoms with Gasteiger partial charge in [-0.15, -0.1) is 0 Å². The van der Waals surface area contributed by atoms with Gasteiger partial charge in [0.05, 0.1) is 5.41 Å². The highest BCUT2D eigenvalue weighted by atomic mass is 16.2. The molecule has 17 heavy (non-hydrogen) atoms. The molecule has 1 heterocycles. The second kappa shape index (κ2) is 7.00. The summed E-state index contributed by atoms with van der Waals surface area (Å²) in [6.45, 7) is 10.1. The van der Waals surface area contributed by atoms with Gasteiger partial charge in [0.15, 0.2) is 0 Å². The maximum atomic E-state index is 12.7. The Balaban J connectivity index is 2.68. The van der Waals surface area contributed by atoms with Gasteiger partial charge >= 0.3 is 0 Å². The Morgan fingerprint density at radius 2 is 2.12 bits per heavy atom. The highest BCUT2D eigenvalue weighted by molar-refractivity contribution is 5.83. The van der Waals surface area contributed by atoms with Crippen molar-refractivity contribution < 1.29 is 4.79 Å². The van der Waals surface area contributed by atoms with Crippen LogP contribution in [-0.2, 0) is 4.79 Å². The van der Waals surface area contributed by atoms with Crippen LogP contribution >= 0.6 is 0 Å². The number of carbonyl (C=O) groups is 1. The molecule has 100 valence electrons. The van der Waals surface area contributed by atoms with Crippen LogP contribution in [0.15, 0.2) is 0 Å². The minimum absolute atomic E-state index is 0.123. The Bertz CT molecular complexity index is 234. The molecule has 0 aromatic rings. The molecule has 1 aliphatic heterocycles. The first-order valence-corrected chi connectivity index (χ1v) is 7.20. The van der Waals surface area contributed by atoms with Crippen molar-refractivity contribution in [3.05, 3.63) is 0 Å². The molecule has 1 fully saturated rings. The fourth-order valence-corrected chi connectivity index (χ4v) is 2.69. The van der Waals surface area contributed by atoms with E-state index in [0.29, 0.717) is 5.91 Å². The normalized spacial score (nSPS) is 24.6. The molecular weight excluding hydrogens is 212 g/mol. The number of hydrogen-bond donors (Lipinski definition) is 1. The van der Waals surface area contributed by atoms with E-state index in [1.807, 2.05) is 0 Å². The Labute approximate surface area is 106 Å². The fraction of sp³-hybridized carbons (Fsp3) is 0.929. The van der Waals surface area contributed by atoms with E-state index < -0.39 is 0 Å². The summed E-state index contributed by atoms with van der Waals surface area (Å²) in [5, 5.41) is 3.40. The van der Waals surface area contributed by atoms with Crippen molar-refractivity contribution in [1.29, 1.82) is 0 Å². The average molecular weight is 240 g/mol. The molecular formula is C14H28N2O. The summed E-state index contributed by atoms with van der Waals surface area (Å²) < 4.78 is 0. The molecule has 0 spiro atoms. The van der Waals surface area contributed by atoms with Gasteiger partial charge in [-0.3, -0.25) is 4.79 Å². The predicted octanol–water partition coefficient (Wildman–Crippen LogP) is 2.41. The van der Waals surface area contributed by atoms with E-state index >= 15 is 0 Å². The van der Waals surface area contributed by atoms with Gasteiger partial charge < -0.3 is 10.2 Å². The summed E-state index contributed by atoms with van der Waals surface area (Å²) in [4.78, 5) is 14.7. The van der Waals surface area contributed by atoms with Crippen molar-refractivity contribution in [3.8, 4) is 0 Å². The second-order valence-electron chi connectivity index (χ2n) is 5.15. The van der Waals surface area contributed by atoms with E-state index in [9.17, 15) is 4.79 Å². The Kier molecular flexibility index (Phi) is 5.96. The van der Waals surface area contributed by atoms with E-state index in [1.165, 1.54) is 0 Å². The lowest BCUT2D eigenvalue weighted by molar-refractivity contribution is -0.143. The second-order valence-corrected chi connectivity index (χ2v) is 5.15. The van der Waals surface area contributed by atoms with Crippen LogP contribution < -0.4 is 5.32 Å². The zero-order valence-corrected chi connectivity index (χ0v) is 11.7. The largest absolute Gasteiger partial charge is 0.342 e. The molecule has 0 aliphatic carbocycles. The predicted molar refractivity (Wildman–Crippen MR) is 72.0 cm³/mol. The van der Waals surface area contributed by atoms with Crippen molar-refractivity contribution in [3.63, 3.8) is 0 Å². The third-order valence-corrected chi connectivity index (χ3v) is 4.05. The van der Waals surface area contributed by atoms with Gasteiger partial charge in [-0.05, 0) is 39.2 Å². The average Bonchev–Trinajstić information content (AvgIpc) is 2.40. The van der Waals surface area contributed by atoms with Gasteiger partial charge in [0.2, 0.25) is 5.91 Å². The highest BCUT2D eigenvalue weighted by Gasteiger charge is 2.39. The molecule has 0 aromatic heterocycles. The summed E-state index contributed by atoms with van der Waals surface area (Å²) in [7, 11) is 0. The molecule has 1 aliphatic rings. The number of nitrogens with one attached hydrogen (secondary N) is 1. The molecule has 1 saturated heterocycles. The van der Waals surface area contributed by atoms with Crippen molar-refractivity contribution in [1.82, 2.24) is 10.2 Å². The molecule has 1 unspecified atom stereocenters. The smallest absolute Gasteiger partial charge is 0.230 e. The zero-order chi connectivity index (χ0) is 12.7. The lowest BCUT2D eigenvalue weighted by Gasteiger charge is -2.39. The SMILES string of the molecule is CCCCN(CC)C(=O)C1(CC)CCCNC1. The van der Waals surface area contributed by atoms with Crippen molar-refractivity contribution >= 4 is 5.91 Å². The molecule has 0 radical (unpaired) electrons. The van der Waals surface area contributed by atoms with Crippen LogP contribution in [0.5, 0.6) is 0 Å². The number of carbonyl (C=O) groups excluding carboxylic acids is 1. The first kappa shape index (κ1) is 14.5.